The first-order valence-electron chi connectivity index (χ1n) is 14.2. The summed E-state index contributed by atoms with van der Waals surface area (Å²) < 4.78 is 73.2. The van der Waals surface area contributed by atoms with Gasteiger partial charge in [-0.3, -0.25) is 23.6 Å². The van der Waals surface area contributed by atoms with Gasteiger partial charge in [-0.2, -0.15) is 8.42 Å². The second-order valence-corrected chi connectivity index (χ2v) is 13.2. The molecule has 1 saturated carbocycles. The molecule has 3 aromatic carbocycles. The standard InChI is InChI=1S/C31H29ClF3N3O7S/c1-18-9-11-23(12-10-18)46(43,44)45-22-14-26(37(17-22)30(41)42)29(40)38(21-6-4-5-19(33)13-21)27(24-7-2-3-8-25(24)32)28(39)36-20-15-31(34,35)16-20/h2-13,20,22,26-27H,14-17H2,1H3,(H,36,39)(H,41,42)/t22?,26?,27-/m0/s1. The molecule has 2 unspecified atom stereocenters. The lowest BCUT2D eigenvalue weighted by Crippen LogP contribution is -2.56. The van der Waals surface area contributed by atoms with Gasteiger partial charge in [-0.25, -0.2) is 18.0 Å². The van der Waals surface area contributed by atoms with Crippen molar-refractivity contribution in [1.82, 2.24) is 10.2 Å². The number of nitrogens with zero attached hydrogens (tertiary/aromatic N) is 2. The highest BCUT2D eigenvalue weighted by Crippen LogP contribution is 2.39. The second-order valence-electron chi connectivity index (χ2n) is 11.3. The summed E-state index contributed by atoms with van der Waals surface area (Å²) in [6.45, 7) is 1.24. The Hall–Kier alpha value is -4.14. The fraction of sp³-hybridized carbons (Fsp3) is 0.323. The SMILES string of the molecule is Cc1ccc(S(=O)(=O)OC2CC(C(=O)N(c3cccc(F)c3)[C@H](C(=O)NC3CC(F)(F)C3)c3ccccc3Cl)N(C(=O)O)C2)cc1. The van der Waals surface area contributed by atoms with Crippen molar-refractivity contribution < 1.29 is 45.3 Å². The highest BCUT2D eigenvalue weighted by Gasteiger charge is 2.49. The van der Waals surface area contributed by atoms with Gasteiger partial charge >= 0.3 is 6.09 Å². The number of amides is 3. The Bertz CT molecular complexity index is 1750. The van der Waals surface area contributed by atoms with Crippen LogP contribution in [0.4, 0.5) is 23.7 Å². The van der Waals surface area contributed by atoms with Crippen LogP contribution in [0.2, 0.25) is 5.02 Å². The maximum Gasteiger partial charge on any atom is 0.408 e. The Morgan fingerprint density at radius 2 is 1.74 bits per heavy atom. The van der Waals surface area contributed by atoms with Crippen LogP contribution in [0.1, 0.15) is 36.4 Å². The molecule has 2 fully saturated rings. The summed E-state index contributed by atoms with van der Waals surface area (Å²) in [6, 6.07) is 12.1. The summed E-state index contributed by atoms with van der Waals surface area (Å²) in [5, 5.41) is 12.5. The van der Waals surface area contributed by atoms with Crippen LogP contribution < -0.4 is 10.2 Å². The van der Waals surface area contributed by atoms with Crippen molar-refractivity contribution in [2.45, 2.75) is 61.2 Å². The molecule has 5 rings (SSSR count). The Morgan fingerprint density at radius 3 is 2.35 bits per heavy atom. The van der Waals surface area contributed by atoms with Crippen LogP contribution in [-0.2, 0) is 23.9 Å². The smallest absolute Gasteiger partial charge is 0.408 e. The molecule has 2 N–H and O–H groups in total. The first-order chi connectivity index (χ1) is 21.6. The van der Waals surface area contributed by atoms with E-state index in [1.807, 2.05) is 0 Å². The number of anilines is 1. The molecule has 46 heavy (non-hydrogen) atoms. The van der Waals surface area contributed by atoms with Crippen LogP contribution >= 0.6 is 11.6 Å². The normalized spacial score (nSPS) is 20.1. The molecule has 0 radical (unpaired) electrons. The number of benzene rings is 3. The van der Waals surface area contributed by atoms with Crippen molar-refractivity contribution in [2.24, 2.45) is 0 Å². The van der Waals surface area contributed by atoms with E-state index >= 15 is 0 Å². The van der Waals surface area contributed by atoms with Crippen LogP contribution in [0, 0.1) is 12.7 Å². The lowest BCUT2D eigenvalue weighted by Gasteiger charge is -2.39. The average molecular weight is 680 g/mol. The van der Waals surface area contributed by atoms with Crippen molar-refractivity contribution in [3.05, 3.63) is 94.8 Å². The lowest BCUT2D eigenvalue weighted by molar-refractivity contribution is -0.133. The number of likely N-dealkylation sites (tertiary alicyclic amines) is 1. The van der Waals surface area contributed by atoms with Crippen molar-refractivity contribution in [2.75, 3.05) is 11.4 Å². The van der Waals surface area contributed by atoms with Gasteiger partial charge in [0.05, 0.1) is 17.5 Å². The van der Waals surface area contributed by atoms with E-state index in [0.717, 1.165) is 22.6 Å². The Balaban J connectivity index is 1.53. The van der Waals surface area contributed by atoms with Gasteiger partial charge in [0.25, 0.3) is 21.9 Å². The van der Waals surface area contributed by atoms with Crippen molar-refractivity contribution in [3.8, 4) is 0 Å². The predicted octanol–water partition coefficient (Wildman–Crippen LogP) is 5.30. The minimum absolute atomic E-state index is 0.0164. The van der Waals surface area contributed by atoms with Gasteiger partial charge in [-0.05, 0) is 43.3 Å². The number of aryl methyl sites for hydroxylation is 1. The molecule has 3 atom stereocenters. The number of hydrogen-bond acceptors (Lipinski definition) is 6. The number of nitrogens with one attached hydrogen (secondary N) is 1. The van der Waals surface area contributed by atoms with Crippen molar-refractivity contribution >= 4 is 45.3 Å². The molecule has 3 amide bonds. The molecule has 1 aliphatic carbocycles. The topological polar surface area (TPSA) is 133 Å². The van der Waals surface area contributed by atoms with Crippen LogP contribution in [0.25, 0.3) is 0 Å². The van der Waals surface area contributed by atoms with Gasteiger partial charge in [0.15, 0.2) is 0 Å². The molecule has 15 heteroatoms. The zero-order chi connectivity index (χ0) is 33.4. The molecule has 10 nitrogen and oxygen atoms in total. The van der Waals surface area contributed by atoms with Gasteiger partial charge in [0.1, 0.15) is 17.9 Å². The van der Waals surface area contributed by atoms with Crippen LogP contribution in [-0.4, -0.2) is 67.0 Å². The summed E-state index contributed by atoms with van der Waals surface area (Å²) in [4.78, 5) is 42.0. The van der Waals surface area contributed by atoms with Gasteiger partial charge in [0.2, 0.25) is 5.91 Å². The quantitative estimate of drug-likeness (QED) is 0.293. The minimum Gasteiger partial charge on any atom is -0.465 e. The third-order valence-corrected chi connectivity index (χ3v) is 9.55. The summed E-state index contributed by atoms with van der Waals surface area (Å²) in [5.74, 6) is -5.71. The zero-order valence-electron chi connectivity index (χ0n) is 24.3. The number of halogens is 4. The predicted molar refractivity (Wildman–Crippen MR) is 161 cm³/mol. The van der Waals surface area contributed by atoms with Crippen LogP contribution in [0.5, 0.6) is 0 Å². The molecular formula is C31H29ClF3N3O7S. The third kappa shape index (κ3) is 7.13. The molecule has 1 aliphatic heterocycles. The summed E-state index contributed by atoms with van der Waals surface area (Å²) in [7, 11) is -4.37. The van der Waals surface area contributed by atoms with Crippen LogP contribution in [0.3, 0.4) is 0 Å². The average Bonchev–Trinajstić information content (AvgIpc) is 3.39. The molecule has 0 spiro atoms. The van der Waals surface area contributed by atoms with E-state index < -0.39 is 89.8 Å². The van der Waals surface area contributed by atoms with E-state index in [1.54, 1.807) is 25.1 Å². The fourth-order valence-corrected chi connectivity index (χ4v) is 6.90. The largest absolute Gasteiger partial charge is 0.465 e. The van der Waals surface area contributed by atoms with E-state index in [4.69, 9.17) is 15.8 Å². The lowest BCUT2D eigenvalue weighted by atomic mass is 9.87. The van der Waals surface area contributed by atoms with Gasteiger partial charge in [0, 0.05) is 41.6 Å². The summed E-state index contributed by atoms with van der Waals surface area (Å²) in [6.07, 6.45) is -4.58. The first kappa shape index (κ1) is 33.2. The molecule has 1 saturated heterocycles. The molecule has 3 aromatic rings. The molecule has 0 bridgehead atoms. The number of carbonyl (C=O) groups excluding carboxylic acids is 2. The van der Waals surface area contributed by atoms with Gasteiger partial charge in [-0.1, -0.05) is 53.6 Å². The van der Waals surface area contributed by atoms with E-state index in [2.05, 4.69) is 5.32 Å². The Labute approximate surface area is 267 Å². The molecule has 0 aromatic heterocycles. The maximum absolute atomic E-state index is 14.6. The number of alkyl halides is 2. The van der Waals surface area contributed by atoms with Crippen molar-refractivity contribution in [1.29, 1.82) is 0 Å². The Kier molecular flexibility index (Phi) is 9.34. The highest BCUT2D eigenvalue weighted by atomic mass is 35.5. The second kappa shape index (κ2) is 12.9. The molecule has 2 aliphatic rings. The van der Waals surface area contributed by atoms with E-state index in [-0.39, 0.29) is 21.2 Å². The van der Waals surface area contributed by atoms with E-state index in [1.165, 1.54) is 42.5 Å². The number of carboxylic acid groups (broad SMARTS) is 1. The molecule has 244 valence electrons. The fourth-order valence-electron chi connectivity index (χ4n) is 5.58. The zero-order valence-corrected chi connectivity index (χ0v) is 25.8. The first-order valence-corrected chi connectivity index (χ1v) is 15.9. The third-order valence-electron chi connectivity index (χ3n) is 7.83. The van der Waals surface area contributed by atoms with Crippen molar-refractivity contribution in [3.63, 3.8) is 0 Å². The van der Waals surface area contributed by atoms with E-state index in [0.29, 0.717) is 4.90 Å². The molecule has 1 heterocycles. The Morgan fingerprint density at radius 1 is 1.07 bits per heavy atom. The number of rotatable bonds is 9. The van der Waals surface area contributed by atoms with E-state index in [9.17, 15) is 41.1 Å². The number of hydrogen-bond donors (Lipinski definition) is 2. The maximum atomic E-state index is 14.6. The monoisotopic (exact) mass is 679 g/mol. The molecular weight excluding hydrogens is 651 g/mol. The van der Waals surface area contributed by atoms with Gasteiger partial charge < -0.3 is 10.4 Å². The summed E-state index contributed by atoms with van der Waals surface area (Å²) >= 11 is 6.46. The number of carbonyl (C=O) groups is 3. The minimum atomic E-state index is -4.37. The van der Waals surface area contributed by atoms with Gasteiger partial charge in [-0.15, -0.1) is 0 Å². The van der Waals surface area contributed by atoms with Crippen LogP contribution in [0.15, 0.2) is 77.7 Å². The highest BCUT2D eigenvalue weighted by molar-refractivity contribution is 7.86. The summed E-state index contributed by atoms with van der Waals surface area (Å²) in [5.41, 5.74) is 0.689.